The summed E-state index contributed by atoms with van der Waals surface area (Å²) in [6.45, 7) is 15.5. The van der Waals surface area contributed by atoms with E-state index in [9.17, 15) is 14.7 Å². The van der Waals surface area contributed by atoms with Crippen LogP contribution in [0.1, 0.15) is 160 Å². The number of alkyl halides is 1. The van der Waals surface area contributed by atoms with E-state index >= 15 is 0 Å². The molecule has 4 saturated heterocycles. The van der Waals surface area contributed by atoms with Crippen molar-refractivity contribution < 1.29 is 38.4 Å². The Bertz CT molecular complexity index is 2350. The Morgan fingerprint density at radius 3 is 1.55 bits per heavy atom. The van der Waals surface area contributed by atoms with Crippen LogP contribution in [0.3, 0.4) is 0 Å². The van der Waals surface area contributed by atoms with Gasteiger partial charge in [-0.05, 0) is 176 Å². The number of piperidine rings is 2. The van der Waals surface area contributed by atoms with Gasteiger partial charge in [0.2, 0.25) is 0 Å². The predicted molar refractivity (Wildman–Crippen MR) is 279 cm³/mol. The van der Waals surface area contributed by atoms with Crippen molar-refractivity contribution in [3.05, 3.63) is 119 Å². The van der Waals surface area contributed by atoms with Crippen LogP contribution in [0, 0.1) is 25.7 Å². The number of aliphatic hydroxyl groups is 1. The van der Waals surface area contributed by atoms with Crippen molar-refractivity contribution in [2.45, 2.75) is 166 Å². The molecule has 6 heterocycles. The van der Waals surface area contributed by atoms with Crippen LogP contribution in [0.2, 0.25) is 0 Å². The molecule has 2 spiro atoms. The number of halogens is 1. The second kappa shape index (κ2) is 24.1. The molecule has 2 amide bonds. The van der Waals surface area contributed by atoms with Gasteiger partial charge in [-0.25, -0.2) is 0 Å². The fourth-order valence-corrected chi connectivity index (χ4v) is 11.0. The maximum absolute atomic E-state index is 13.3. The monoisotopic (exact) mass is 1040 g/mol. The summed E-state index contributed by atoms with van der Waals surface area (Å²) in [5, 5.41) is 11.8. The molecule has 6 aliphatic rings. The van der Waals surface area contributed by atoms with Crippen LogP contribution in [0.15, 0.2) is 85.5 Å². The van der Waals surface area contributed by atoms with E-state index in [4.69, 9.17) is 23.7 Å². The zero-order chi connectivity index (χ0) is 50.1. The molecular weight excluding hydrogens is 961 g/mol. The van der Waals surface area contributed by atoms with Crippen LogP contribution < -0.4 is 9.47 Å². The number of ether oxygens (including phenoxy) is 5. The van der Waals surface area contributed by atoms with Gasteiger partial charge in [-0.1, -0.05) is 28.1 Å². The fourth-order valence-electron chi connectivity index (χ4n) is 10.4. The van der Waals surface area contributed by atoms with E-state index < -0.39 is 6.10 Å². The molecule has 2 aromatic heterocycles. The lowest BCUT2D eigenvalue weighted by Gasteiger charge is -2.48. The predicted octanol–water partition coefficient (Wildman–Crippen LogP) is 11.4. The third-order valence-corrected chi connectivity index (χ3v) is 15.7. The number of benzene rings is 2. The van der Waals surface area contributed by atoms with E-state index in [1.54, 1.807) is 12.4 Å². The van der Waals surface area contributed by atoms with Crippen molar-refractivity contribution in [3.63, 3.8) is 0 Å². The smallest absolute Gasteiger partial charge is 0.253 e. The van der Waals surface area contributed by atoms with Crippen LogP contribution in [0.25, 0.3) is 0 Å². The van der Waals surface area contributed by atoms with Crippen molar-refractivity contribution in [3.8, 4) is 11.5 Å². The Balaban J connectivity index is 0.000000174. The number of hydrogen-bond acceptors (Lipinski definition) is 10. The lowest BCUT2D eigenvalue weighted by molar-refractivity contribution is -0.192. The number of amides is 2. The summed E-state index contributed by atoms with van der Waals surface area (Å²) in [6, 6.07) is 19.3. The average molecular weight is 1040 g/mol. The largest absolute Gasteiger partial charge is 0.491 e. The summed E-state index contributed by atoms with van der Waals surface area (Å²) in [5.41, 5.74) is 4.83. The van der Waals surface area contributed by atoms with Crippen molar-refractivity contribution in [2.75, 3.05) is 38.1 Å². The molecule has 1 N–H and O–H groups in total. The summed E-state index contributed by atoms with van der Waals surface area (Å²) >= 11 is 3.38. The van der Waals surface area contributed by atoms with Gasteiger partial charge in [0.05, 0.1) is 47.8 Å². The van der Waals surface area contributed by atoms with Crippen LogP contribution in [0.5, 0.6) is 11.5 Å². The number of rotatable bonds is 12. The molecule has 13 heteroatoms. The first-order valence-electron chi connectivity index (χ1n) is 26.3. The van der Waals surface area contributed by atoms with E-state index in [-0.39, 0.29) is 53.5 Å². The fraction of sp³-hybridized carbons (Fsp3) is 0.586. The zero-order valence-electron chi connectivity index (χ0n) is 42.9. The average Bonchev–Trinajstić information content (AvgIpc) is 4.32. The van der Waals surface area contributed by atoms with Crippen molar-refractivity contribution in [1.29, 1.82) is 0 Å². The number of hydrogen-bond donors (Lipinski definition) is 1. The normalized spacial score (nSPS) is 23.6. The highest BCUT2D eigenvalue weighted by Crippen LogP contribution is 2.46. The SMILES string of the molecule is BrCC1CC1.Cc1cc(C(=O)N2CCC3(CC2)CC(O)CC(c2cccnc2)O3)ccc1OC(C)C.Cc1cc(C(=O)N2CCC3(CC2)CC(OCC2CC2)CC(c2cccnc2)O3)ccc1OC(C)C. The first-order valence-corrected chi connectivity index (χ1v) is 27.5. The van der Waals surface area contributed by atoms with Crippen LogP contribution in [0.4, 0.5) is 0 Å². The number of carbonyl (C=O) groups is 2. The summed E-state index contributed by atoms with van der Waals surface area (Å²) < 4.78 is 31.3. The van der Waals surface area contributed by atoms with E-state index in [2.05, 4.69) is 32.0 Å². The van der Waals surface area contributed by atoms with Gasteiger partial charge in [0.1, 0.15) is 11.5 Å². The standard InChI is InChI=1S/C29H38N2O4.C25H32N2O4.C4H7Br/c1-20(2)34-26-9-8-23(15-21(26)3)28(32)31-13-10-29(11-14-31)17-25(33-19-22-6-7-22)16-27(35-29)24-5-4-12-30-18-24;1-17(2)30-22-7-6-19(13-18(22)3)24(29)27-11-8-25(9-12-27)15-21(28)14-23(31-25)20-5-4-10-26-16-20;5-3-4-1-2-4/h4-5,8-9,12,15,18,20,22,25,27H,6-7,10-11,13-14,16-17,19H2,1-3H3;4-7,10,13,16-17,21,23,28H,8-9,11-12,14-15H2,1-3H3;4H,1-3H2. The Kier molecular flexibility index (Phi) is 18.0. The Morgan fingerprint density at radius 1 is 0.690 bits per heavy atom. The summed E-state index contributed by atoms with van der Waals surface area (Å²) in [7, 11) is 0. The molecule has 2 aliphatic carbocycles. The molecule has 71 heavy (non-hydrogen) atoms. The van der Waals surface area contributed by atoms with Crippen LogP contribution in [-0.4, -0.2) is 110 Å². The molecule has 384 valence electrons. The molecule has 4 aliphatic heterocycles. The van der Waals surface area contributed by atoms with Gasteiger partial charge in [-0.15, -0.1) is 0 Å². The lowest BCUT2D eigenvalue weighted by atomic mass is 9.80. The van der Waals surface area contributed by atoms with Gasteiger partial charge < -0.3 is 38.6 Å². The van der Waals surface area contributed by atoms with Crippen molar-refractivity contribution in [2.24, 2.45) is 11.8 Å². The van der Waals surface area contributed by atoms with Gasteiger partial charge in [0.25, 0.3) is 11.8 Å². The third-order valence-electron chi connectivity index (χ3n) is 14.7. The third kappa shape index (κ3) is 14.6. The van der Waals surface area contributed by atoms with Gasteiger partial charge in [-0.2, -0.15) is 0 Å². The number of aliphatic hydroxyl groups excluding tert-OH is 1. The minimum Gasteiger partial charge on any atom is -0.491 e. The number of nitrogens with zero attached hydrogens (tertiary/aromatic N) is 4. The van der Waals surface area contributed by atoms with Gasteiger partial charge in [0.15, 0.2) is 0 Å². The molecule has 6 fully saturated rings. The highest BCUT2D eigenvalue weighted by molar-refractivity contribution is 9.09. The molecule has 0 radical (unpaired) electrons. The number of carbonyl (C=O) groups excluding carboxylic acids is 2. The van der Waals surface area contributed by atoms with Gasteiger partial charge in [0, 0.05) is 99.7 Å². The van der Waals surface area contributed by atoms with Gasteiger partial charge >= 0.3 is 0 Å². The number of aryl methyl sites for hydroxylation is 2. The van der Waals surface area contributed by atoms with Crippen molar-refractivity contribution in [1.82, 2.24) is 19.8 Å². The first-order chi connectivity index (χ1) is 34.2. The van der Waals surface area contributed by atoms with E-state index in [0.717, 1.165) is 96.3 Å². The quantitative estimate of drug-likeness (QED) is 0.137. The molecule has 0 bridgehead atoms. The van der Waals surface area contributed by atoms with Gasteiger partial charge in [-0.3, -0.25) is 19.6 Å². The second-order valence-electron chi connectivity index (χ2n) is 21.6. The summed E-state index contributed by atoms with van der Waals surface area (Å²) in [6.07, 6.45) is 18.7. The van der Waals surface area contributed by atoms with Crippen molar-refractivity contribution >= 4 is 27.7 Å². The van der Waals surface area contributed by atoms with Crippen LogP contribution >= 0.6 is 15.9 Å². The zero-order valence-corrected chi connectivity index (χ0v) is 44.5. The van der Waals surface area contributed by atoms with E-state index in [1.165, 1.54) is 31.0 Å². The van der Waals surface area contributed by atoms with Crippen LogP contribution in [-0.2, 0) is 14.2 Å². The molecule has 10 rings (SSSR count). The highest BCUT2D eigenvalue weighted by Gasteiger charge is 2.47. The number of likely N-dealkylation sites (tertiary alicyclic amines) is 2. The summed E-state index contributed by atoms with van der Waals surface area (Å²) in [4.78, 5) is 38.8. The summed E-state index contributed by atoms with van der Waals surface area (Å²) in [5.74, 6) is 3.56. The first kappa shape index (κ1) is 52.9. The van der Waals surface area contributed by atoms with E-state index in [1.807, 2.05) is 118 Å². The molecule has 12 nitrogen and oxygen atoms in total. The minimum atomic E-state index is -0.405. The Labute approximate surface area is 430 Å². The molecule has 4 aromatic rings. The number of pyridine rings is 2. The maximum Gasteiger partial charge on any atom is 0.253 e. The maximum atomic E-state index is 13.3. The molecule has 4 atom stereocenters. The van der Waals surface area contributed by atoms with E-state index in [0.29, 0.717) is 44.6 Å². The molecule has 2 aromatic carbocycles. The highest BCUT2D eigenvalue weighted by atomic mass is 79.9. The topological polar surface area (TPSA) is 133 Å². The molecule has 2 saturated carbocycles. The Morgan fingerprint density at radius 2 is 1.15 bits per heavy atom. The molecular formula is C58H77BrN4O8. The minimum absolute atomic E-state index is 0.0138. The second-order valence-corrected chi connectivity index (χ2v) is 22.2. The Hall–Kier alpha value is -4.40. The molecule has 4 unspecified atom stereocenters. The lowest BCUT2D eigenvalue weighted by Crippen LogP contribution is -2.52. The number of aromatic nitrogens is 2.